The number of aliphatic imine (C=N–C) groups is 1. The Balaban J connectivity index is 3.89. The summed E-state index contributed by atoms with van der Waals surface area (Å²) in [6, 6.07) is 0.0514. The lowest BCUT2D eigenvalue weighted by Crippen LogP contribution is -2.25. The minimum atomic E-state index is 0.0514. The fraction of sp³-hybridized carbons (Fsp3) is 0.714. The second kappa shape index (κ2) is 5.40. The first-order valence-corrected chi connectivity index (χ1v) is 3.80. The zero-order valence-electron chi connectivity index (χ0n) is 7.79. The largest absolute Gasteiger partial charge is 0.465 e. The highest BCUT2D eigenvalue weighted by Gasteiger charge is 1.98. The molecule has 0 aliphatic rings. The Bertz CT molecular complexity index is 176. The quantitative estimate of drug-likeness (QED) is 0.462. The minimum absolute atomic E-state index is 0.0514. The first-order valence-electron chi connectivity index (χ1n) is 3.80. The van der Waals surface area contributed by atoms with Gasteiger partial charge in [-0.25, -0.2) is 0 Å². The fourth-order valence-electron chi connectivity index (χ4n) is 0.443. The van der Waals surface area contributed by atoms with E-state index in [0.29, 0.717) is 6.61 Å². The third-order valence-corrected chi connectivity index (χ3v) is 1.09. The first-order chi connectivity index (χ1) is 5.57. The highest BCUT2D eigenvalue weighted by Crippen LogP contribution is 1.84. The van der Waals surface area contributed by atoms with Gasteiger partial charge in [0, 0.05) is 14.1 Å². The van der Waals surface area contributed by atoms with Crippen LogP contribution in [0.25, 0.3) is 0 Å². The van der Waals surface area contributed by atoms with E-state index < -0.39 is 0 Å². The third kappa shape index (κ3) is 4.54. The molecular weight excluding hydrogens is 156 g/mol. The maximum absolute atomic E-state index is 7.29. The SMILES string of the molecule is CCCOC(N)=NC(=N)N(C)C. The summed E-state index contributed by atoms with van der Waals surface area (Å²) in [5.41, 5.74) is 5.36. The van der Waals surface area contributed by atoms with Crippen LogP contribution in [0.4, 0.5) is 0 Å². The standard InChI is InChI=1S/C7H16N4O/c1-4-5-12-7(9)10-6(8)11(2)3/h4-5H2,1-3H3,(H3,8,9,10). The molecule has 0 rings (SSSR count). The fourth-order valence-corrected chi connectivity index (χ4v) is 0.443. The third-order valence-electron chi connectivity index (χ3n) is 1.09. The van der Waals surface area contributed by atoms with Crippen LogP contribution in [0.2, 0.25) is 0 Å². The zero-order valence-corrected chi connectivity index (χ0v) is 7.79. The van der Waals surface area contributed by atoms with E-state index in [1.807, 2.05) is 6.92 Å². The van der Waals surface area contributed by atoms with Crippen molar-refractivity contribution in [3.05, 3.63) is 0 Å². The molecule has 0 radical (unpaired) electrons. The number of nitrogens with two attached hydrogens (primary N) is 1. The molecule has 0 aromatic carbocycles. The number of guanidine groups is 1. The second-order valence-corrected chi connectivity index (χ2v) is 2.52. The molecule has 0 atom stereocenters. The van der Waals surface area contributed by atoms with Gasteiger partial charge >= 0.3 is 0 Å². The topological polar surface area (TPSA) is 74.7 Å². The van der Waals surface area contributed by atoms with Gasteiger partial charge in [-0.1, -0.05) is 6.92 Å². The van der Waals surface area contributed by atoms with Crippen LogP contribution < -0.4 is 5.73 Å². The molecule has 3 N–H and O–H groups in total. The van der Waals surface area contributed by atoms with Crippen molar-refractivity contribution in [2.45, 2.75) is 13.3 Å². The lowest BCUT2D eigenvalue weighted by atomic mass is 10.5. The van der Waals surface area contributed by atoms with Gasteiger partial charge in [0.2, 0.25) is 5.96 Å². The lowest BCUT2D eigenvalue weighted by molar-refractivity contribution is 0.299. The summed E-state index contributed by atoms with van der Waals surface area (Å²) >= 11 is 0. The number of nitrogens with one attached hydrogen (secondary N) is 1. The molecule has 12 heavy (non-hydrogen) atoms. The van der Waals surface area contributed by atoms with Gasteiger partial charge in [0.25, 0.3) is 6.02 Å². The molecule has 5 heteroatoms. The zero-order chi connectivity index (χ0) is 9.56. The van der Waals surface area contributed by atoms with Crippen molar-refractivity contribution < 1.29 is 4.74 Å². The van der Waals surface area contributed by atoms with E-state index in [2.05, 4.69) is 4.99 Å². The monoisotopic (exact) mass is 172 g/mol. The number of amidine groups is 1. The van der Waals surface area contributed by atoms with Crippen molar-refractivity contribution in [3.8, 4) is 0 Å². The van der Waals surface area contributed by atoms with E-state index >= 15 is 0 Å². The molecule has 0 aliphatic heterocycles. The van der Waals surface area contributed by atoms with Crippen molar-refractivity contribution in [3.63, 3.8) is 0 Å². The number of hydrogen-bond acceptors (Lipinski definition) is 2. The first kappa shape index (κ1) is 10.7. The van der Waals surface area contributed by atoms with Gasteiger partial charge in [0.15, 0.2) is 0 Å². The number of nitrogens with zero attached hydrogens (tertiary/aromatic N) is 2. The molecule has 0 bridgehead atoms. The average Bonchev–Trinajstić information content (AvgIpc) is 2.00. The summed E-state index contributed by atoms with van der Waals surface area (Å²) in [6.07, 6.45) is 0.880. The predicted molar refractivity (Wildman–Crippen MR) is 49.3 cm³/mol. The molecule has 0 amide bonds. The maximum atomic E-state index is 7.29. The van der Waals surface area contributed by atoms with Crippen molar-refractivity contribution in [2.75, 3.05) is 20.7 Å². The molecule has 0 saturated heterocycles. The molecule has 0 aromatic rings. The van der Waals surface area contributed by atoms with Crippen LogP contribution in [0, 0.1) is 5.41 Å². The summed E-state index contributed by atoms with van der Waals surface area (Å²) in [7, 11) is 3.44. The average molecular weight is 172 g/mol. The Morgan fingerprint density at radius 2 is 2.17 bits per heavy atom. The van der Waals surface area contributed by atoms with E-state index in [0.717, 1.165) is 6.42 Å². The van der Waals surface area contributed by atoms with Crippen molar-refractivity contribution in [2.24, 2.45) is 10.7 Å². The summed E-state index contributed by atoms with van der Waals surface area (Å²) in [5, 5.41) is 7.29. The van der Waals surface area contributed by atoms with E-state index in [1.54, 1.807) is 19.0 Å². The van der Waals surface area contributed by atoms with E-state index in [4.69, 9.17) is 15.9 Å². The van der Waals surface area contributed by atoms with E-state index in [-0.39, 0.29) is 12.0 Å². The van der Waals surface area contributed by atoms with Crippen LogP contribution in [-0.2, 0) is 4.74 Å². The van der Waals surface area contributed by atoms with Crippen molar-refractivity contribution >= 4 is 12.0 Å². The van der Waals surface area contributed by atoms with Crippen molar-refractivity contribution in [1.82, 2.24) is 4.90 Å². The van der Waals surface area contributed by atoms with E-state index in [1.165, 1.54) is 0 Å². The summed E-state index contributed by atoms with van der Waals surface area (Å²) in [4.78, 5) is 5.24. The summed E-state index contributed by atoms with van der Waals surface area (Å²) < 4.78 is 4.97. The number of ether oxygens (including phenoxy) is 1. The lowest BCUT2D eigenvalue weighted by Gasteiger charge is -2.09. The second-order valence-electron chi connectivity index (χ2n) is 2.52. The summed E-state index contributed by atoms with van der Waals surface area (Å²) in [6.45, 7) is 2.51. The number of rotatable bonds is 2. The van der Waals surface area contributed by atoms with E-state index in [9.17, 15) is 0 Å². The smallest absolute Gasteiger partial charge is 0.289 e. The molecule has 0 aliphatic carbocycles. The molecule has 0 spiro atoms. The van der Waals surface area contributed by atoms with Gasteiger partial charge in [-0.15, -0.1) is 0 Å². The molecule has 0 saturated carbocycles. The molecule has 5 nitrogen and oxygen atoms in total. The van der Waals surface area contributed by atoms with Gasteiger partial charge in [-0.2, -0.15) is 4.99 Å². The van der Waals surface area contributed by atoms with Gasteiger partial charge in [-0.3, -0.25) is 5.41 Å². The van der Waals surface area contributed by atoms with Gasteiger partial charge in [-0.05, 0) is 6.42 Å². The van der Waals surface area contributed by atoms with Crippen LogP contribution in [0.1, 0.15) is 13.3 Å². The van der Waals surface area contributed by atoms with Crippen LogP contribution >= 0.6 is 0 Å². The Morgan fingerprint density at radius 1 is 1.58 bits per heavy atom. The molecule has 0 aromatic heterocycles. The molecule has 70 valence electrons. The van der Waals surface area contributed by atoms with Crippen LogP contribution in [-0.4, -0.2) is 37.6 Å². The van der Waals surface area contributed by atoms with Crippen LogP contribution in [0.15, 0.2) is 4.99 Å². The highest BCUT2D eigenvalue weighted by molar-refractivity contribution is 5.89. The Labute approximate surface area is 72.7 Å². The maximum Gasteiger partial charge on any atom is 0.289 e. The molecule has 0 fully saturated rings. The Hall–Kier alpha value is -1.26. The Kier molecular flexibility index (Phi) is 4.83. The van der Waals surface area contributed by atoms with Gasteiger partial charge < -0.3 is 15.4 Å². The Morgan fingerprint density at radius 3 is 2.58 bits per heavy atom. The number of hydrogen-bond donors (Lipinski definition) is 2. The van der Waals surface area contributed by atoms with Gasteiger partial charge in [0.1, 0.15) is 0 Å². The van der Waals surface area contributed by atoms with Crippen molar-refractivity contribution in [1.29, 1.82) is 5.41 Å². The predicted octanol–water partition coefficient (Wildman–Crippen LogP) is 0.224. The molecule has 0 unspecified atom stereocenters. The normalized spacial score (nSPS) is 11.1. The molecular formula is C7H16N4O. The van der Waals surface area contributed by atoms with Gasteiger partial charge in [0.05, 0.1) is 6.61 Å². The summed E-state index contributed by atoms with van der Waals surface area (Å²) in [5.74, 6) is 0.0867. The highest BCUT2D eigenvalue weighted by atomic mass is 16.5. The minimum Gasteiger partial charge on any atom is -0.465 e. The van der Waals surface area contributed by atoms with Crippen LogP contribution in [0.3, 0.4) is 0 Å². The van der Waals surface area contributed by atoms with Crippen LogP contribution in [0.5, 0.6) is 0 Å². The molecule has 0 heterocycles.